The van der Waals surface area contributed by atoms with Gasteiger partial charge in [-0.2, -0.15) is 0 Å². The summed E-state index contributed by atoms with van der Waals surface area (Å²) < 4.78 is 5.84. The predicted octanol–water partition coefficient (Wildman–Crippen LogP) is 2.76. The van der Waals surface area contributed by atoms with E-state index in [2.05, 4.69) is 20.8 Å². The number of likely N-dealkylation sites (N-methyl/N-ethyl adjacent to an activating group) is 1. The van der Waals surface area contributed by atoms with Crippen molar-refractivity contribution >= 4 is 11.9 Å². The van der Waals surface area contributed by atoms with E-state index < -0.39 is 12.1 Å². The average Bonchev–Trinajstić information content (AvgIpc) is 2.60. The van der Waals surface area contributed by atoms with E-state index in [1.807, 2.05) is 41.1 Å². The quantitative estimate of drug-likeness (QED) is 0.827. The van der Waals surface area contributed by atoms with Gasteiger partial charge in [0.25, 0.3) is 5.91 Å². The molecule has 0 aliphatic carbocycles. The summed E-state index contributed by atoms with van der Waals surface area (Å²) in [5, 5.41) is 8.91. The SMILES string of the molecule is CC(Oc1ccc(C(C)(C)C)cc1)C(=O)N1CCC(N(C)CC(=O)O)CC1. The van der Waals surface area contributed by atoms with Gasteiger partial charge in [-0.05, 0) is 49.9 Å². The van der Waals surface area contributed by atoms with Gasteiger partial charge in [-0.3, -0.25) is 14.5 Å². The van der Waals surface area contributed by atoms with Crippen LogP contribution in [0.5, 0.6) is 5.75 Å². The molecule has 1 aliphatic heterocycles. The topological polar surface area (TPSA) is 70.1 Å². The number of nitrogens with zero attached hydrogens (tertiary/aromatic N) is 2. The molecular formula is C21H32N2O4. The highest BCUT2D eigenvalue weighted by Crippen LogP contribution is 2.25. The van der Waals surface area contributed by atoms with Gasteiger partial charge in [0.05, 0.1) is 6.54 Å². The number of hydrogen-bond acceptors (Lipinski definition) is 4. The molecule has 0 saturated carbocycles. The molecule has 1 aliphatic rings. The second-order valence-corrected chi connectivity index (χ2v) is 8.40. The van der Waals surface area contributed by atoms with E-state index >= 15 is 0 Å². The van der Waals surface area contributed by atoms with E-state index in [1.165, 1.54) is 5.56 Å². The van der Waals surface area contributed by atoms with Gasteiger partial charge < -0.3 is 14.7 Å². The van der Waals surface area contributed by atoms with Crippen LogP contribution < -0.4 is 4.74 Å². The molecule has 1 atom stereocenters. The van der Waals surface area contributed by atoms with Crippen molar-refractivity contribution in [2.45, 2.75) is 58.1 Å². The molecule has 1 aromatic rings. The number of rotatable bonds is 6. The highest BCUT2D eigenvalue weighted by atomic mass is 16.5. The van der Waals surface area contributed by atoms with Crippen LogP contribution in [0, 0.1) is 0 Å². The molecule has 27 heavy (non-hydrogen) atoms. The maximum atomic E-state index is 12.7. The Hall–Kier alpha value is -2.08. The summed E-state index contributed by atoms with van der Waals surface area (Å²) in [7, 11) is 1.82. The van der Waals surface area contributed by atoms with Crippen molar-refractivity contribution < 1.29 is 19.4 Å². The van der Waals surface area contributed by atoms with Gasteiger partial charge in [0, 0.05) is 19.1 Å². The molecule has 0 spiro atoms. The fourth-order valence-electron chi connectivity index (χ4n) is 3.41. The minimum absolute atomic E-state index is 0.0192. The van der Waals surface area contributed by atoms with Gasteiger partial charge in [0.1, 0.15) is 5.75 Å². The number of aliphatic carboxylic acids is 1. The minimum atomic E-state index is -0.824. The maximum absolute atomic E-state index is 12.7. The molecule has 1 amide bonds. The van der Waals surface area contributed by atoms with Crippen molar-refractivity contribution in [3.63, 3.8) is 0 Å². The molecule has 0 radical (unpaired) electrons. The van der Waals surface area contributed by atoms with E-state index in [0.29, 0.717) is 18.8 Å². The first-order chi connectivity index (χ1) is 12.6. The Morgan fingerprint density at radius 3 is 2.26 bits per heavy atom. The lowest BCUT2D eigenvalue weighted by molar-refractivity contribution is -0.141. The van der Waals surface area contributed by atoms with Crippen LogP contribution in [0.15, 0.2) is 24.3 Å². The third kappa shape index (κ3) is 5.96. The fraction of sp³-hybridized carbons (Fsp3) is 0.619. The molecule has 150 valence electrons. The smallest absolute Gasteiger partial charge is 0.317 e. The number of likely N-dealkylation sites (tertiary alicyclic amines) is 1. The zero-order valence-electron chi connectivity index (χ0n) is 17.1. The molecule has 1 aromatic carbocycles. The largest absolute Gasteiger partial charge is 0.481 e. The van der Waals surface area contributed by atoms with Crippen LogP contribution in [0.1, 0.15) is 46.1 Å². The second kappa shape index (κ2) is 8.74. The van der Waals surface area contributed by atoms with Crippen LogP contribution >= 0.6 is 0 Å². The Kier molecular flexibility index (Phi) is 6.87. The van der Waals surface area contributed by atoms with Gasteiger partial charge in [-0.15, -0.1) is 0 Å². The van der Waals surface area contributed by atoms with E-state index in [0.717, 1.165) is 12.8 Å². The van der Waals surface area contributed by atoms with Crippen LogP contribution in [0.2, 0.25) is 0 Å². The van der Waals surface area contributed by atoms with Crippen molar-refractivity contribution in [1.82, 2.24) is 9.80 Å². The summed E-state index contributed by atoms with van der Waals surface area (Å²) in [5.74, 6) is -0.148. The van der Waals surface area contributed by atoms with Crippen molar-refractivity contribution in [3.8, 4) is 5.75 Å². The van der Waals surface area contributed by atoms with Crippen LogP contribution in [-0.4, -0.2) is 65.6 Å². The monoisotopic (exact) mass is 376 g/mol. The van der Waals surface area contributed by atoms with Crippen molar-refractivity contribution in [1.29, 1.82) is 0 Å². The first-order valence-electron chi connectivity index (χ1n) is 9.56. The Morgan fingerprint density at radius 1 is 1.22 bits per heavy atom. The first-order valence-corrected chi connectivity index (χ1v) is 9.56. The Labute approximate surface area is 162 Å². The summed E-state index contributed by atoms with van der Waals surface area (Å²) in [5.41, 5.74) is 1.30. The molecule has 6 nitrogen and oxygen atoms in total. The maximum Gasteiger partial charge on any atom is 0.317 e. The van der Waals surface area contributed by atoms with E-state index in [-0.39, 0.29) is 23.9 Å². The lowest BCUT2D eigenvalue weighted by Gasteiger charge is -2.37. The fourth-order valence-corrected chi connectivity index (χ4v) is 3.41. The van der Waals surface area contributed by atoms with Crippen LogP contribution in [0.25, 0.3) is 0 Å². The number of piperidine rings is 1. The van der Waals surface area contributed by atoms with Gasteiger partial charge >= 0.3 is 5.97 Å². The van der Waals surface area contributed by atoms with Crippen LogP contribution in [-0.2, 0) is 15.0 Å². The number of hydrogen-bond donors (Lipinski definition) is 1. The second-order valence-electron chi connectivity index (χ2n) is 8.40. The first kappa shape index (κ1) is 21.2. The van der Waals surface area contributed by atoms with Gasteiger partial charge in [-0.1, -0.05) is 32.9 Å². The summed E-state index contributed by atoms with van der Waals surface area (Å²) in [4.78, 5) is 27.2. The molecule has 1 fully saturated rings. The molecule has 0 aromatic heterocycles. The molecule has 1 saturated heterocycles. The summed E-state index contributed by atoms with van der Waals surface area (Å²) >= 11 is 0. The number of carboxylic acids is 1. The van der Waals surface area contributed by atoms with E-state index in [9.17, 15) is 9.59 Å². The predicted molar refractivity (Wildman–Crippen MR) is 105 cm³/mol. The van der Waals surface area contributed by atoms with Crippen molar-refractivity contribution in [3.05, 3.63) is 29.8 Å². The number of benzene rings is 1. The zero-order valence-corrected chi connectivity index (χ0v) is 17.1. The summed E-state index contributed by atoms with van der Waals surface area (Å²) in [6.45, 7) is 9.55. The van der Waals surface area contributed by atoms with Gasteiger partial charge in [0.2, 0.25) is 0 Å². The molecule has 1 unspecified atom stereocenters. The highest BCUT2D eigenvalue weighted by Gasteiger charge is 2.29. The number of ether oxygens (including phenoxy) is 1. The van der Waals surface area contributed by atoms with Gasteiger partial charge in [0.15, 0.2) is 6.10 Å². The third-order valence-corrected chi connectivity index (χ3v) is 5.17. The lowest BCUT2D eigenvalue weighted by atomic mass is 9.87. The number of carbonyl (C=O) groups is 2. The zero-order chi connectivity index (χ0) is 20.2. The molecule has 1 heterocycles. The Balaban J connectivity index is 1.86. The number of carboxylic acid groups (broad SMARTS) is 1. The molecule has 6 heteroatoms. The van der Waals surface area contributed by atoms with Crippen LogP contribution in [0.3, 0.4) is 0 Å². The molecular weight excluding hydrogens is 344 g/mol. The Bertz CT molecular complexity index is 643. The van der Waals surface area contributed by atoms with E-state index in [4.69, 9.17) is 9.84 Å². The summed E-state index contributed by atoms with van der Waals surface area (Å²) in [6.07, 6.45) is 1.02. The van der Waals surface area contributed by atoms with Crippen LogP contribution in [0.4, 0.5) is 0 Å². The highest BCUT2D eigenvalue weighted by molar-refractivity contribution is 5.81. The normalized spacial score (nSPS) is 17.0. The van der Waals surface area contributed by atoms with E-state index in [1.54, 1.807) is 6.92 Å². The standard InChI is InChI=1S/C21H32N2O4/c1-15(27-18-8-6-16(7-9-18)21(2,3)4)20(26)23-12-10-17(11-13-23)22(5)14-19(24)25/h6-9,15,17H,10-14H2,1-5H3,(H,24,25). The van der Waals surface area contributed by atoms with Gasteiger partial charge in [-0.25, -0.2) is 0 Å². The molecule has 1 N–H and O–H groups in total. The molecule has 0 bridgehead atoms. The minimum Gasteiger partial charge on any atom is -0.481 e. The number of amides is 1. The number of carbonyl (C=O) groups excluding carboxylic acids is 1. The Morgan fingerprint density at radius 2 is 1.78 bits per heavy atom. The van der Waals surface area contributed by atoms with Crippen molar-refractivity contribution in [2.75, 3.05) is 26.7 Å². The van der Waals surface area contributed by atoms with Crippen molar-refractivity contribution in [2.24, 2.45) is 0 Å². The molecule has 2 rings (SSSR count). The third-order valence-electron chi connectivity index (χ3n) is 5.17. The summed E-state index contributed by atoms with van der Waals surface area (Å²) in [6, 6.07) is 8.10. The average molecular weight is 376 g/mol. The lowest BCUT2D eigenvalue weighted by Crippen LogP contribution is -2.49.